The fourth-order valence-corrected chi connectivity index (χ4v) is 2.89. The predicted molar refractivity (Wildman–Crippen MR) is 98.9 cm³/mol. The van der Waals surface area contributed by atoms with Crippen LogP contribution in [0.3, 0.4) is 0 Å². The number of aromatic nitrogens is 5. The third kappa shape index (κ3) is 4.13. The summed E-state index contributed by atoms with van der Waals surface area (Å²) in [5.41, 5.74) is -0.883. The maximum atomic E-state index is 13.0. The molecule has 0 aliphatic rings. The monoisotopic (exact) mass is 438 g/mol. The van der Waals surface area contributed by atoms with Crippen LogP contribution in [0.5, 0.6) is 0 Å². The van der Waals surface area contributed by atoms with Crippen molar-refractivity contribution in [2.75, 3.05) is 5.32 Å². The van der Waals surface area contributed by atoms with Crippen LogP contribution in [0, 0.1) is 6.92 Å². The first kappa shape index (κ1) is 20.6. The van der Waals surface area contributed by atoms with Gasteiger partial charge in [-0.2, -0.15) is 36.0 Å². The number of benzene rings is 2. The zero-order valence-corrected chi connectivity index (χ0v) is 15.6. The highest BCUT2D eigenvalue weighted by molar-refractivity contribution is 5.76. The molecular weight excluding hydrogens is 426 g/mol. The molecule has 31 heavy (non-hydrogen) atoms. The van der Waals surface area contributed by atoms with Crippen LogP contribution in [-0.2, 0) is 12.4 Å². The van der Waals surface area contributed by atoms with Crippen molar-refractivity contribution < 1.29 is 26.3 Å². The summed E-state index contributed by atoms with van der Waals surface area (Å²) in [5, 5.41) is 10.5. The Morgan fingerprint density at radius 3 is 2.16 bits per heavy atom. The molecule has 0 saturated heterocycles. The fraction of sp³-hybridized carbons (Fsp3) is 0.158. The van der Waals surface area contributed by atoms with E-state index in [9.17, 15) is 26.3 Å². The molecule has 0 radical (unpaired) electrons. The highest BCUT2D eigenvalue weighted by atomic mass is 19.4. The Morgan fingerprint density at radius 1 is 0.839 bits per heavy atom. The van der Waals surface area contributed by atoms with Crippen molar-refractivity contribution in [2.24, 2.45) is 0 Å². The van der Waals surface area contributed by atoms with Gasteiger partial charge in [-0.3, -0.25) is 0 Å². The van der Waals surface area contributed by atoms with Gasteiger partial charge in [-0.1, -0.05) is 17.3 Å². The summed E-state index contributed by atoms with van der Waals surface area (Å²) < 4.78 is 79.1. The van der Waals surface area contributed by atoms with Crippen LogP contribution in [0.2, 0.25) is 0 Å². The summed E-state index contributed by atoms with van der Waals surface area (Å²) >= 11 is 0. The third-order valence-corrected chi connectivity index (χ3v) is 4.34. The van der Waals surface area contributed by atoms with Gasteiger partial charge in [0.05, 0.1) is 22.5 Å². The second-order valence-electron chi connectivity index (χ2n) is 6.56. The average Bonchev–Trinajstić information content (AvgIpc) is 3.11. The lowest BCUT2D eigenvalue weighted by Gasteiger charge is -2.11. The van der Waals surface area contributed by atoms with Crippen molar-refractivity contribution in [1.82, 2.24) is 25.0 Å². The Hall–Kier alpha value is -3.70. The molecule has 1 N–H and O–H groups in total. The molecule has 0 aliphatic heterocycles. The molecule has 0 unspecified atom stereocenters. The van der Waals surface area contributed by atoms with Crippen molar-refractivity contribution in [3.63, 3.8) is 0 Å². The van der Waals surface area contributed by atoms with Gasteiger partial charge in [-0.25, -0.2) is 4.98 Å². The summed E-state index contributed by atoms with van der Waals surface area (Å²) in [7, 11) is 0. The van der Waals surface area contributed by atoms with Crippen molar-refractivity contribution in [2.45, 2.75) is 19.3 Å². The van der Waals surface area contributed by atoms with Gasteiger partial charge in [-0.05, 0) is 43.3 Å². The highest BCUT2D eigenvalue weighted by Gasteiger charge is 2.31. The summed E-state index contributed by atoms with van der Waals surface area (Å²) in [6.07, 6.45) is -9.07. The minimum absolute atomic E-state index is 0.0557. The van der Waals surface area contributed by atoms with Crippen molar-refractivity contribution in [3.8, 4) is 5.69 Å². The van der Waals surface area contributed by atoms with E-state index >= 15 is 0 Å². The van der Waals surface area contributed by atoms with Gasteiger partial charge in [0, 0.05) is 5.69 Å². The number of anilines is 2. The molecule has 0 spiro atoms. The van der Waals surface area contributed by atoms with E-state index in [4.69, 9.17) is 0 Å². The molecule has 0 bridgehead atoms. The van der Waals surface area contributed by atoms with Crippen molar-refractivity contribution in [1.29, 1.82) is 0 Å². The number of hydrogen-bond acceptors (Lipinski definition) is 5. The standard InChI is InChI=1S/C19H12F6N6/c1-10-15-16(31(30-29-15)14-7-3-5-12(9-14)19(23,24)25)28-17(26-10)27-13-6-2-4-11(8-13)18(20,21)22/h2-9H,1H3,(H,26,27,28). The number of aryl methyl sites for hydroxylation is 1. The summed E-state index contributed by atoms with van der Waals surface area (Å²) in [6, 6.07) is 8.89. The van der Waals surface area contributed by atoms with Gasteiger partial charge in [0.15, 0.2) is 11.2 Å². The fourth-order valence-electron chi connectivity index (χ4n) is 2.89. The number of nitrogens with zero attached hydrogens (tertiary/aromatic N) is 5. The van der Waals surface area contributed by atoms with Gasteiger partial charge in [0.2, 0.25) is 5.95 Å². The van der Waals surface area contributed by atoms with E-state index in [1.54, 1.807) is 6.92 Å². The van der Waals surface area contributed by atoms with Crippen LogP contribution in [-0.4, -0.2) is 25.0 Å². The zero-order chi connectivity index (χ0) is 22.4. The minimum Gasteiger partial charge on any atom is -0.324 e. The Kier molecular flexibility index (Phi) is 4.79. The molecule has 0 amide bonds. The second kappa shape index (κ2) is 7.22. The first-order chi connectivity index (χ1) is 14.5. The van der Waals surface area contributed by atoms with E-state index < -0.39 is 23.5 Å². The SMILES string of the molecule is Cc1nc(Nc2cccc(C(F)(F)F)c2)nc2c1nnn2-c1cccc(C(F)(F)F)c1. The van der Waals surface area contributed by atoms with Gasteiger partial charge >= 0.3 is 12.4 Å². The Morgan fingerprint density at radius 2 is 1.48 bits per heavy atom. The largest absolute Gasteiger partial charge is 0.416 e. The van der Waals surface area contributed by atoms with Crippen LogP contribution in [0.1, 0.15) is 16.8 Å². The molecule has 12 heteroatoms. The van der Waals surface area contributed by atoms with E-state index in [-0.39, 0.29) is 28.5 Å². The van der Waals surface area contributed by atoms with Gasteiger partial charge in [0.25, 0.3) is 0 Å². The summed E-state index contributed by atoms with van der Waals surface area (Å²) in [5.74, 6) is -0.0557. The lowest BCUT2D eigenvalue weighted by Crippen LogP contribution is -2.08. The molecule has 2 aromatic carbocycles. The summed E-state index contributed by atoms with van der Waals surface area (Å²) in [6.45, 7) is 1.58. The Balaban J connectivity index is 1.76. The Labute approximate surface area is 170 Å². The van der Waals surface area contributed by atoms with Crippen LogP contribution in [0.25, 0.3) is 16.9 Å². The average molecular weight is 438 g/mol. The van der Waals surface area contributed by atoms with E-state index in [1.165, 1.54) is 24.3 Å². The number of halogens is 6. The molecule has 4 aromatic rings. The molecule has 6 nitrogen and oxygen atoms in total. The molecule has 0 saturated carbocycles. The molecule has 0 aliphatic carbocycles. The molecular formula is C19H12F6N6. The topological polar surface area (TPSA) is 68.5 Å². The first-order valence-electron chi connectivity index (χ1n) is 8.74. The van der Waals surface area contributed by atoms with Gasteiger partial charge in [0.1, 0.15) is 0 Å². The predicted octanol–water partition coefficient (Wildman–Crippen LogP) is 5.30. The quantitative estimate of drug-likeness (QED) is 0.440. The highest BCUT2D eigenvalue weighted by Crippen LogP contribution is 2.32. The number of alkyl halides is 6. The maximum Gasteiger partial charge on any atom is 0.416 e. The smallest absolute Gasteiger partial charge is 0.324 e. The van der Waals surface area contributed by atoms with Crippen LogP contribution < -0.4 is 5.32 Å². The van der Waals surface area contributed by atoms with Crippen LogP contribution in [0.15, 0.2) is 48.5 Å². The molecule has 0 fully saturated rings. The van der Waals surface area contributed by atoms with E-state index in [2.05, 4.69) is 25.6 Å². The molecule has 4 rings (SSSR count). The normalized spacial score (nSPS) is 12.4. The van der Waals surface area contributed by atoms with E-state index in [0.29, 0.717) is 5.69 Å². The molecule has 2 aromatic heterocycles. The van der Waals surface area contributed by atoms with E-state index in [1.807, 2.05) is 0 Å². The molecule has 0 atom stereocenters. The van der Waals surface area contributed by atoms with Crippen molar-refractivity contribution in [3.05, 3.63) is 65.4 Å². The maximum absolute atomic E-state index is 13.0. The lowest BCUT2D eigenvalue weighted by atomic mass is 10.2. The second-order valence-corrected chi connectivity index (χ2v) is 6.56. The number of rotatable bonds is 3. The zero-order valence-electron chi connectivity index (χ0n) is 15.6. The minimum atomic E-state index is -4.55. The van der Waals surface area contributed by atoms with Crippen LogP contribution >= 0.6 is 0 Å². The van der Waals surface area contributed by atoms with Gasteiger partial charge < -0.3 is 5.32 Å². The number of fused-ring (bicyclic) bond motifs is 1. The lowest BCUT2D eigenvalue weighted by molar-refractivity contribution is -0.138. The summed E-state index contributed by atoms with van der Waals surface area (Å²) in [4.78, 5) is 8.36. The van der Waals surface area contributed by atoms with E-state index in [0.717, 1.165) is 28.9 Å². The van der Waals surface area contributed by atoms with Gasteiger partial charge in [-0.15, -0.1) is 5.10 Å². The van der Waals surface area contributed by atoms with Crippen LogP contribution in [0.4, 0.5) is 38.0 Å². The molecule has 2 heterocycles. The third-order valence-electron chi connectivity index (χ3n) is 4.34. The Bertz CT molecular complexity index is 1260. The number of nitrogens with one attached hydrogen (secondary N) is 1. The van der Waals surface area contributed by atoms with Crippen molar-refractivity contribution >= 4 is 22.8 Å². The molecule has 160 valence electrons. The first-order valence-corrected chi connectivity index (χ1v) is 8.74. The number of hydrogen-bond donors (Lipinski definition) is 1.